The molecule has 0 radical (unpaired) electrons. The maximum absolute atomic E-state index is 10.3. The lowest BCUT2D eigenvalue weighted by molar-refractivity contribution is 0.0600. The molecular weight excluding hydrogens is 434 g/mol. The SMILES string of the molecule is CNc1ccc(Sc2nc(Nc3cc(C)[nH]n3)cc(N3CC(C)C(CO)(C(C)C)C3)n2)cc1. The molecule has 1 aromatic carbocycles. The van der Waals surface area contributed by atoms with Crippen molar-refractivity contribution in [2.24, 2.45) is 17.3 Å². The molecule has 1 aliphatic rings. The summed E-state index contributed by atoms with van der Waals surface area (Å²) in [4.78, 5) is 13.0. The van der Waals surface area contributed by atoms with Crippen molar-refractivity contribution in [1.29, 1.82) is 0 Å². The summed E-state index contributed by atoms with van der Waals surface area (Å²) in [5.41, 5.74) is 1.89. The minimum Gasteiger partial charge on any atom is -0.396 e. The summed E-state index contributed by atoms with van der Waals surface area (Å²) < 4.78 is 0. The summed E-state index contributed by atoms with van der Waals surface area (Å²) in [7, 11) is 1.91. The minimum atomic E-state index is -0.145. The van der Waals surface area contributed by atoms with Gasteiger partial charge in [0.25, 0.3) is 0 Å². The van der Waals surface area contributed by atoms with Crippen molar-refractivity contribution in [3.63, 3.8) is 0 Å². The first-order chi connectivity index (χ1) is 15.8. The third kappa shape index (κ3) is 4.94. The number of hydrogen-bond donors (Lipinski definition) is 4. The smallest absolute Gasteiger partial charge is 0.196 e. The Kier molecular flexibility index (Phi) is 6.81. The van der Waals surface area contributed by atoms with Gasteiger partial charge in [-0.3, -0.25) is 5.10 Å². The average molecular weight is 468 g/mol. The molecule has 2 atom stereocenters. The number of aromatic nitrogens is 4. The van der Waals surface area contributed by atoms with Gasteiger partial charge in [-0.15, -0.1) is 0 Å². The van der Waals surface area contributed by atoms with Gasteiger partial charge < -0.3 is 20.6 Å². The Labute approximate surface area is 199 Å². The fraction of sp³-hybridized carbons (Fsp3) is 0.458. The van der Waals surface area contributed by atoms with Crippen LogP contribution in [0.2, 0.25) is 0 Å². The molecule has 9 heteroatoms. The molecule has 4 N–H and O–H groups in total. The number of aliphatic hydroxyl groups excluding tert-OH is 1. The van der Waals surface area contributed by atoms with E-state index in [-0.39, 0.29) is 12.0 Å². The number of nitrogens with zero attached hydrogens (tertiary/aromatic N) is 4. The van der Waals surface area contributed by atoms with Gasteiger partial charge in [0.1, 0.15) is 11.6 Å². The van der Waals surface area contributed by atoms with E-state index < -0.39 is 0 Å². The van der Waals surface area contributed by atoms with Gasteiger partial charge in [-0.2, -0.15) is 5.10 Å². The molecule has 4 rings (SSSR count). The molecular formula is C24H33N7OS. The predicted octanol–water partition coefficient (Wildman–Crippen LogP) is 4.54. The van der Waals surface area contributed by atoms with Crippen molar-refractivity contribution in [3.05, 3.63) is 42.1 Å². The zero-order chi connectivity index (χ0) is 23.6. The fourth-order valence-corrected chi connectivity index (χ4v) is 5.26. The van der Waals surface area contributed by atoms with Gasteiger partial charge in [-0.25, -0.2) is 9.97 Å². The molecule has 1 saturated heterocycles. The van der Waals surface area contributed by atoms with Gasteiger partial charge in [-0.05, 0) is 54.8 Å². The molecule has 1 fully saturated rings. The zero-order valence-electron chi connectivity index (χ0n) is 19.9. The Bertz CT molecular complexity index is 1080. The fourth-order valence-electron chi connectivity index (χ4n) is 4.50. The lowest BCUT2D eigenvalue weighted by atomic mass is 9.71. The molecule has 3 heterocycles. The van der Waals surface area contributed by atoms with Crippen LogP contribution in [0.5, 0.6) is 0 Å². The standard InChI is InChI=1S/C24H33N7OS/c1-15(2)24(14-32)13-31(12-16(24)3)22-11-20(26-21-10-17(4)29-30-21)27-23(28-22)33-19-8-6-18(25-5)7-9-19/h6-11,15-16,25,32H,12-14H2,1-5H3,(H2,26,27,28,29,30). The minimum absolute atomic E-state index is 0.145. The van der Waals surface area contributed by atoms with Crippen LogP contribution in [-0.2, 0) is 0 Å². The topological polar surface area (TPSA) is 102 Å². The molecule has 0 spiro atoms. The molecule has 0 bridgehead atoms. The highest BCUT2D eigenvalue weighted by molar-refractivity contribution is 7.99. The van der Waals surface area contributed by atoms with Crippen LogP contribution in [-0.4, -0.2) is 52.0 Å². The van der Waals surface area contributed by atoms with Crippen molar-refractivity contribution in [1.82, 2.24) is 20.2 Å². The first-order valence-electron chi connectivity index (χ1n) is 11.3. The summed E-state index contributed by atoms with van der Waals surface area (Å²) >= 11 is 1.53. The van der Waals surface area contributed by atoms with Gasteiger partial charge in [0, 0.05) is 54.0 Å². The zero-order valence-corrected chi connectivity index (χ0v) is 20.7. The number of rotatable bonds is 8. The molecule has 33 heavy (non-hydrogen) atoms. The molecule has 0 amide bonds. The Hall–Kier alpha value is -2.78. The summed E-state index contributed by atoms with van der Waals surface area (Å²) in [5.74, 6) is 2.99. The van der Waals surface area contributed by atoms with E-state index in [9.17, 15) is 5.11 Å². The van der Waals surface area contributed by atoms with E-state index in [0.29, 0.717) is 28.6 Å². The summed E-state index contributed by atoms with van der Waals surface area (Å²) in [6.07, 6.45) is 0. The van der Waals surface area contributed by atoms with Crippen LogP contribution in [0.1, 0.15) is 26.5 Å². The van der Waals surface area contributed by atoms with Crippen molar-refractivity contribution < 1.29 is 5.11 Å². The van der Waals surface area contributed by atoms with E-state index >= 15 is 0 Å². The first kappa shape index (κ1) is 23.4. The summed E-state index contributed by atoms with van der Waals surface area (Å²) in [6, 6.07) is 12.1. The van der Waals surface area contributed by atoms with E-state index in [1.165, 1.54) is 11.8 Å². The van der Waals surface area contributed by atoms with E-state index in [0.717, 1.165) is 35.2 Å². The molecule has 2 unspecified atom stereocenters. The lowest BCUT2D eigenvalue weighted by Crippen LogP contribution is -2.38. The third-order valence-electron chi connectivity index (χ3n) is 6.74. The molecule has 0 aliphatic carbocycles. The van der Waals surface area contributed by atoms with Crippen LogP contribution in [0.15, 0.2) is 46.5 Å². The largest absolute Gasteiger partial charge is 0.396 e. The molecule has 3 aromatic rings. The number of hydrogen-bond acceptors (Lipinski definition) is 8. The Morgan fingerprint density at radius 2 is 1.97 bits per heavy atom. The number of aromatic amines is 1. The molecule has 176 valence electrons. The van der Waals surface area contributed by atoms with E-state index in [2.05, 4.69) is 58.6 Å². The van der Waals surface area contributed by atoms with Crippen molar-refractivity contribution in [2.75, 3.05) is 42.3 Å². The van der Waals surface area contributed by atoms with Gasteiger partial charge in [0.2, 0.25) is 0 Å². The van der Waals surface area contributed by atoms with Crippen LogP contribution < -0.4 is 15.5 Å². The molecule has 0 saturated carbocycles. The maximum atomic E-state index is 10.3. The first-order valence-corrected chi connectivity index (χ1v) is 12.1. The van der Waals surface area contributed by atoms with Gasteiger partial charge in [0.05, 0.1) is 6.61 Å². The van der Waals surface area contributed by atoms with Crippen LogP contribution in [0, 0.1) is 24.2 Å². The maximum Gasteiger partial charge on any atom is 0.196 e. The van der Waals surface area contributed by atoms with Crippen LogP contribution in [0.3, 0.4) is 0 Å². The number of benzene rings is 1. The summed E-state index contributed by atoms with van der Waals surface area (Å²) in [6.45, 7) is 10.4. The van der Waals surface area contributed by atoms with Crippen molar-refractivity contribution in [2.45, 2.75) is 37.7 Å². The number of aryl methyl sites for hydroxylation is 1. The van der Waals surface area contributed by atoms with Gasteiger partial charge in [0.15, 0.2) is 11.0 Å². The highest BCUT2D eigenvalue weighted by Crippen LogP contribution is 2.43. The molecule has 2 aromatic heterocycles. The normalized spacial score (nSPS) is 20.5. The van der Waals surface area contributed by atoms with Crippen molar-refractivity contribution >= 4 is 34.9 Å². The number of aliphatic hydroxyl groups is 1. The quantitative estimate of drug-likeness (QED) is 0.358. The Morgan fingerprint density at radius 3 is 2.55 bits per heavy atom. The van der Waals surface area contributed by atoms with E-state index in [1.807, 2.05) is 38.2 Å². The Balaban J connectivity index is 1.66. The second-order valence-corrected chi connectivity index (χ2v) is 10.2. The second kappa shape index (κ2) is 9.61. The van der Waals surface area contributed by atoms with Crippen LogP contribution in [0.25, 0.3) is 0 Å². The summed E-state index contributed by atoms with van der Waals surface area (Å²) in [5, 5.41) is 24.6. The van der Waals surface area contributed by atoms with Gasteiger partial charge in [-0.1, -0.05) is 20.8 Å². The van der Waals surface area contributed by atoms with E-state index in [1.54, 1.807) is 0 Å². The lowest BCUT2D eigenvalue weighted by Gasteiger charge is -2.35. The number of H-pyrrole nitrogens is 1. The third-order valence-corrected chi connectivity index (χ3v) is 7.61. The molecule has 8 nitrogen and oxygen atoms in total. The highest BCUT2D eigenvalue weighted by Gasteiger charge is 2.46. The highest BCUT2D eigenvalue weighted by atomic mass is 32.2. The second-order valence-electron chi connectivity index (χ2n) is 9.16. The van der Waals surface area contributed by atoms with Crippen LogP contribution >= 0.6 is 11.8 Å². The Morgan fingerprint density at radius 1 is 1.21 bits per heavy atom. The van der Waals surface area contributed by atoms with Gasteiger partial charge >= 0.3 is 0 Å². The predicted molar refractivity (Wildman–Crippen MR) is 134 cm³/mol. The van der Waals surface area contributed by atoms with E-state index in [4.69, 9.17) is 9.97 Å². The number of nitrogens with one attached hydrogen (secondary N) is 3. The van der Waals surface area contributed by atoms with Crippen molar-refractivity contribution in [3.8, 4) is 0 Å². The molecule has 1 aliphatic heterocycles. The monoisotopic (exact) mass is 467 g/mol. The average Bonchev–Trinajstić information content (AvgIpc) is 3.37. The van der Waals surface area contributed by atoms with Crippen LogP contribution in [0.4, 0.5) is 23.1 Å². The number of anilines is 4.